The van der Waals surface area contributed by atoms with Gasteiger partial charge in [-0.1, -0.05) is 6.07 Å². The molecule has 5 rings (SSSR count). The van der Waals surface area contributed by atoms with Crippen LogP contribution in [0.2, 0.25) is 0 Å². The van der Waals surface area contributed by atoms with Crippen molar-refractivity contribution in [2.45, 2.75) is 31.9 Å². The lowest BCUT2D eigenvalue weighted by molar-refractivity contribution is -0.121. The van der Waals surface area contributed by atoms with Gasteiger partial charge in [-0.2, -0.15) is 5.10 Å². The topological polar surface area (TPSA) is 75.9 Å². The summed E-state index contributed by atoms with van der Waals surface area (Å²) in [6, 6.07) is 7.85. The Kier molecular flexibility index (Phi) is 5.40. The van der Waals surface area contributed by atoms with Gasteiger partial charge in [0.15, 0.2) is 5.82 Å². The first-order valence-electron chi connectivity index (χ1n) is 11.0. The van der Waals surface area contributed by atoms with Crippen molar-refractivity contribution in [2.75, 3.05) is 25.0 Å². The summed E-state index contributed by atoms with van der Waals surface area (Å²) in [5, 5.41) is 16.6. The Hall–Kier alpha value is -2.87. The number of aromatic nitrogens is 4. The quantitative estimate of drug-likeness (QED) is 0.682. The highest BCUT2D eigenvalue weighted by Crippen LogP contribution is 2.31. The number of carbonyl (C=O) groups is 1. The summed E-state index contributed by atoms with van der Waals surface area (Å²) in [5.74, 6) is 1.07. The van der Waals surface area contributed by atoms with Crippen molar-refractivity contribution >= 4 is 22.6 Å². The van der Waals surface area contributed by atoms with Crippen LogP contribution in [0.3, 0.4) is 0 Å². The lowest BCUT2D eigenvalue weighted by Gasteiger charge is -2.38. The monoisotopic (exact) mass is 422 g/mol. The van der Waals surface area contributed by atoms with Crippen molar-refractivity contribution in [2.24, 2.45) is 18.9 Å². The lowest BCUT2D eigenvalue weighted by Crippen LogP contribution is -2.50. The third-order valence-corrected chi connectivity index (χ3v) is 6.52. The zero-order valence-electron chi connectivity index (χ0n) is 17.7. The number of anilines is 1. The highest BCUT2D eigenvalue weighted by atomic mass is 19.1. The summed E-state index contributed by atoms with van der Waals surface area (Å²) < 4.78 is 14.8. The molecule has 0 spiro atoms. The normalized spacial score (nSPS) is 22.4. The van der Waals surface area contributed by atoms with E-state index >= 15 is 0 Å². The minimum absolute atomic E-state index is 0.000730. The molecular formula is C23H27FN6O. The van der Waals surface area contributed by atoms with Crippen LogP contribution in [0, 0.1) is 11.8 Å². The fraction of sp³-hybridized carbons (Fsp3) is 0.478. The maximum absolute atomic E-state index is 13.0. The van der Waals surface area contributed by atoms with Gasteiger partial charge in [0.2, 0.25) is 5.91 Å². The molecule has 2 fully saturated rings. The van der Waals surface area contributed by atoms with Crippen molar-refractivity contribution in [1.82, 2.24) is 24.9 Å². The average Bonchev–Trinajstić information content (AvgIpc) is 3.19. The molecule has 0 bridgehead atoms. The van der Waals surface area contributed by atoms with Crippen LogP contribution in [0.25, 0.3) is 22.0 Å². The number of hydrogen-bond acceptors (Lipinski definition) is 5. The number of benzene rings is 1. The lowest BCUT2D eigenvalue weighted by atomic mass is 9.81. The summed E-state index contributed by atoms with van der Waals surface area (Å²) in [6.45, 7) is 2.11. The molecule has 1 aliphatic heterocycles. The molecule has 0 unspecified atom stereocenters. The fourth-order valence-electron chi connectivity index (χ4n) is 4.71. The Balaban J connectivity index is 1.21. The summed E-state index contributed by atoms with van der Waals surface area (Å²) in [5.41, 5.74) is 2.86. The Morgan fingerprint density at radius 2 is 1.94 bits per heavy atom. The van der Waals surface area contributed by atoms with Gasteiger partial charge in [-0.3, -0.25) is 14.4 Å². The van der Waals surface area contributed by atoms with E-state index in [0.717, 1.165) is 54.3 Å². The van der Waals surface area contributed by atoms with Crippen molar-refractivity contribution in [3.05, 3.63) is 36.7 Å². The number of alkyl halides is 1. The maximum atomic E-state index is 13.0. The molecule has 1 amide bonds. The second kappa shape index (κ2) is 8.34. The van der Waals surface area contributed by atoms with E-state index in [0.29, 0.717) is 24.8 Å². The van der Waals surface area contributed by atoms with Crippen LogP contribution >= 0.6 is 0 Å². The molecule has 1 aliphatic carbocycles. The van der Waals surface area contributed by atoms with Gasteiger partial charge in [-0.05, 0) is 55.4 Å². The van der Waals surface area contributed by atoms with E-state index < -0.39 is 6.17 Å². The molecule has 1 N–H and O–H groups in total. The number of amides is 1. The van der Waals surface area contributed by atoms with Gasteiger partial charge in [0.05, 0.1) is 11.7 Å². The predicted octanol–water partition coefficient (Wildman–Crippen LogP) is 3.43. The number of likely N-dealkylation sites (tertiary alicyclic amines) is 1. The van der Waals surface area contributed by atoms with E-state index in [-0.39, 0.29) is 11.8 Å². The van der Waals surface area contributed by atoms with Crippen molar-refractivity contribution in [1.29, 1.82) is 0 Å². The molecule has 8 heteroatoms. The average molecular weight is 423 g/mol. The van der Waals surface area contributed by atoms with Crippen LogP contribution in [0.1, 0.15) is 25.7 Å². The second-order valence-electron chi connectivity index (χ2n) is 8.93. The molecule has 1 saturated heterocycles. The van der Waals surface area contributed by atoms with E-state index in [4.69, 9.17) is 0 Å². The zero-order valence-corrected chi connectivity index (χ0v) is 17.7. The molecule has 1 saturated carbocycles. The second-order valence-corrected chi connectivity index (χ2v) is 8.93. The zero-order chi connectivity index (χ0) is 21.4. The minimum atomic E-state index is -0.648. The van der Waals surface area contributed by atoms with Gasteiger partial charge in [-0.15, -0.1) is 10.2 Å². The molecule has 2 aromatic heterocycles. The van der Waals surface area contributed by atoms with Crippen LogP contribution in [0.15, 0.2) is 36.7 Å². The summed E-state index contributed by atoms with van der Waals surface area (Å²) in [7, 11) is 1.89. The van der Waals surface area contributed by atoms with Crippen molar-refractivity contribution < 1.29 is 9.18 Å². The molecule has 3 heterocycles. The molecule has 1 aromatic carbocycles. The number of fused-ring (bicyclic) bond motifs is 1. The number of halogens is 1. The van der Waals surface area contributed by atoms with E-state index in [2.05, 4.69) is 25.5 Å². The van der Waals surface area contributed by atoms with E-state index in [1.54, 1.807) is 4.68 Å². The van der Waals surface area contributed by atoms with Crippen LogP contribution < -0.4 is 5.32 Å². The highest BCUT2D eigenvalue weighted by Gasteiger charge is 2.31. The maximum Gasteiger partial charge on any atom is 0.228 e. The number of carbonyl (C=O) groups excluding carboxylic acids is 1. The fourth-order valence-corrected chi connectivity index (χ4v) is 4.71. The van der Waals surface area contributed by atoms with E-state index in [1.165, 1.54) is 0 Å². The van der Waals surface area contributed by atoms with Gasteiger partial charge in [-0.25, -0.2) is 4.39 Å². The van der Waals surface area contributed by atoms with Crippen LogP contribution in [-0.4, -0.2) is 56.6 Å². The summed E-state index contributed by atoms with van der Waals surface area (Å²) in [6.07, 6.45) is 6.92. The number of rotatable bonds is 5. The third kappa shape index (κ3) is 4.44. The van der Waals surface area contributed by atoms with Gasteiger partial charge < -0.3 is 5.32 Å². The van der Waals surface area contributed by atoms with Gasteiger partial charge in [0.1, 0.15) is 6.17 Å². The third-order valence-electron chi connectivity index (χ3n) is 6.52. The van der Waals surface area contributed by atoms with E-state index in [9.17, 15) is 9.18 Å². The van der Waals surface area contributed by atoms with Gasteiger partial charge in [0.25, 0.3) is 0 Å². The molecule has 2 aliphatic rings. The van der Waals surface area contributed by atoms with Gasteiger partial charge in [0, 0.05) is 49.7 Å². The SMILES string of the molecule is Cn1cc(-c2ccc3nnc(NC(=O)C4CCC(CN5CC(F)C5)CC4)cc3c2)cn1. The number of nitrogens with zero attached hydrogens (tertiary/aromatic N) is 5. The number of hydrogen-bond donors (Lipinski definition) is 1. The largest absolute Gasteiger partial charge is 0.309 e. The first-order chi connectivity index (χ1) is 15.0. The standard InChI is InChI=1S/C23H27FN6O/c1-29-12-19(10-25-29)17-6-7-21-18(8-17)9-22(28-27-21)26-23(31)16-4-2-15(3-5-16)11-30-13-20(24)14-30/h6-10,12,15-16,20H,2-5,11,13-14H2,1H3,(H,26,28,31). The highest BCUT2D eigenvalue weighted by molar-refractivity contribution is 5.94. The van der Waals surface area contributed by atoms with Crippen LogP contribution in [0.5, 0.6) is 0 Å². The first kappa shape index (κ1) is 20.1. The molecule has 7 nitrogen and oxygen atoms in total. The Morgan fingerprint density at radius 1 is 1.13 bits per heavy atom. The predicted molar refractivity (Wildman–Crippen MR) is 117 cm³/mol. The Bertz CT molecular complexity index is 1080. The number of nitrogens with one attached hydrogen (secondary N) is 1. The molecule has 162 valence electrons. The Morgan fingerprint density at radius 3 is 2.65 bits per heavy atom. The van der Waals surface area contributed by atoms with Crippen LogP contribution in [-0.2, 0) is 11.8 Å². The molecule has 0 radical (unpaired) electrons. The van der Waals surface area contributed by atoms with Crippen molar-refractivity contribution in [3.63, 3.8) is 0 Å². The number of aryl methyl sites for hydroxylation is 1. The van der Waals surface area contributed by atoms with Gasteiger partial charge >= 0.3 is 0 Å². The molecule has 0 atom stereocenters. The first-order valence-corrected chi connectivity index (χ1v) is 11.0. The smallest absolute Gasteiger partial charge is 0.228 e. The van der Waals surface area contributed by atoms with E-state index in [1.807, 2.05) is 43.7 Å². The molecular weight excluding hydrogens is 395 g/mol. The molecule has 31 heavy (non-hydrogen) atoms. The summed E-state index contributed by atoms with van der Waals surface area (Å²) >= 11 is 0. The summed E-state index contributed by atoms with van der Waals surface area (Å²) in [4.78, 5) is 15.0. The Labute approximate surface area is 180 Å². The van der Waals surface area contributed by atoms with Crippen LogP contribution in [0.4, 0.5) is 10.2 Å². The minimum Gasteiger partial charge on any atom is -0.309 e. The molecule has 3 aromatic rings. The van der Waals surface area contributed by atoms with Crippen molar-refractivity contribution in [3.8, 4) is 11.1 Å².